The standard InChI is InChI=1S/C15H30N2O2/c1-5-17(14(18)19-10-12(2)3)15(11-16)8-6-7-13(4)9-15/h12-13H,5-11,16H2,1-4H3. The van der Waals surface area contributed by atoms with Gasteiger partial charge in [0.15, 0.2) is 0 Å². The Morgan fingerprint density at radius 2 is 2.21 bits per heavy atom. The lowest BCUT2D eigenvalue weighted by atomic mass is 9.75. The molecule has 19 heavy (non-hydrogen) atoms. The summed E-state index contributed by atoms with van der Waals surface area (Å²) < 4.78 is 5.40. The Hall–Kier alpha value is -0.770. The molecule has 1 rings (SSSR count). The van der Waals surface area contributed by atoms with Gasteiger partial charge in [0.1, 0.15) is 0 Å². The first-order chi connectivity index (χ1) is 8.95. The first-order valence-electron chi connectivity index (χ1n) is 7.59. The van der Waals surface area contributed by atoms with Crippen molar-refractivity contribution in [3.05, 3.63) is 0 Å². The van der Waals surface area contributed by atoms with Crippen LogP contribution in [0.4, 0.5) is 4.79 Å². The summed E-state index contributed by atoms with van der Waals surface area (Å²) in [5.41, 5.74) is 5.83. The van der Waals surface area contributed by atoms with Crippen molar-refractivity contribution in [3.63, 3.8) is 0 Å². The Labute approximate surface area is 117 Å². The first kappa shape index (κ1) is 16.3. The number of hydrogen-bond donors (Lipinski definition) is 1. The van der Waals surface area contributed by atoms with E-state index in [9.17, 15) is 4.79 Å². The van der Waals surface area contributed by atoms with Crippen LogP contribution in [-0.2, 0) is 4.74 Å². The van der Waals surface area contributed by atoms with E-state index in [4.69, 9.17) is 10.5 Å². The van der Waals surface area contributed by atoms with Crippen LogP contribution in [0.5, 0.6) is 0 Å². The van der Waals surface area contributed by atoms with Gasteiger partial charge >= 0.3 is 6.09 Å². The Balaban J connectivity index is 2.76. The molecule has 0 spiro atoms. The minimum Gasteiger partial charge on any atom is -0.449 e. The van der Waals surface area contributed by atoms with Crippen LogP contribution in [0, 0.1) is 11.8 Å². The van der Waals surface area contributed by atoms with Crippen molar-refractivity contribution in [1.29, 1.82) is 0 Å². The van der Waals surface area contributed by atoms with Gasteiger partial charge < -0.3 is 15.4 Å². The molecular weight excluding hydrogens is 240 g/mol. The minimum absolute atomic E-state index is 0.194. The van der Waals surface area contributed by atoms with E-state index >= 15 is 0 Å². The van der Waals surface area contributed by atoms with Gasteiger partial charge in [0, 0.05) is 13.1 Å². The second-order valence-electron chi connectivity index (χ2n) is 6.35. The lowest BCUT2D eigenvalue weighted by Gasteiger charge is -2.46. The number of hydrogen-bond acceptors (Lipinski definition) is 3. The van der Waals surface area contributed by atoms with Gasteiger partial charge in [-0.1, -0.05) is 33.6 Å². The Morgan fingerprint density at radius 1 is 1.53 bits per heavy atom. The zero-order chi connectivity index (χ0) is 14.5. The molecule has 0 saturated heterocycles. The summed E-state index contributed by atoms with van der Waals surface area (Å²) in [4.78, 5) is 14.2. The third-order valence-corrected chi connectivity index (χ3v) is 4.10. The predicted molar refractivity (Wildman–Crippen MR) is 78.0 cm³/mol. The molecule has 1 aliphatic rings. The smallest absolute Gasteiger partial charge is 0.410 e. The topological polar surface area (TPSA) is 55.6 Å². The number of nitrogens with two attached hydrogens (primary N) is 1. The van der Waals surface area contributed by atoms with E-state index in [0.29, 0.717) is 31.5 Å². The van der Waals surface area contributed by atoms with Gasteiger partial charge in [-0.3, -0.25) is 0 Å². The molecule has 4 heteroatoms. The number of amides is 1. The van der Waals surface area contributed by atoms with Gasteiger partial charge in [0.25, 0.3) is 0 Å². The Kier molecular flexibility index (Phi) is 6.11. The van der Waals surface area contributed by atoms with Crippen LogP contribution in [0.3, 0.4) is 0 Å². The second kappa shape index (κ2) is 7.13. The summed E-state index contributed by atoms with van der Waals surface area (Å²) in [6.45, 7) is 10.0. The molecule has 2 atom stereocenters. The zero-order valence-corrected chi connectivity index (χ0v) is 12.9. The van der Waals surface area contributed by atoms with Crippen molar-refractivity contribution in [3.8, 4) is 0 Å². The molecule has 0 aromatic rings. The summed E-state index contributed by atoms with van der Waals surface area (Å²) in [7, 11) is 0. The number of ether oxygens (including phenoxy) is 1. The van der Waals surface area contributed by atoms with Crippen LogP contribution in [0.1, 0.15) is 53.4 Å². The zero-order valence-electron chi connectivity index (χ0n) is 12.9. The lowest BCUT2D eigenvalue weighted by Crippen LogP contribution is -2.58. The molecule has 1 aliphatic carbocycles. The molecule has 0 radical (unpaired) electrons. The van der Waals surface area contributed by atoms with E-state index in [-0.39, 0.29) is 11.6 Å². The number of carbonyl (C=O) groups is 1. The van der Waals surface area contributed by atoms with E-state index < -0.39 is 0 Å². The predicted octanol–water partition coefficient (Wildman–Crippen LogP) is 3.01. The summed E-state index contributed by atoms with van der Waals surface area (Å²) in [5, 5.41) is 0. The summed E-state index contributed by atoms with van der Waals surface area (Å²) >= 11 is 0. The molecule has 1 saturated carbocycles. The number of likely N-dealkylation sites (N-methyl/N-ethyl adjacent to an activating group) is 1. The highest BCUT2D eigenvalue weighted by Gasteiger charge is 2.41. The van der Waals surface area contributed by atoms with Crippen molar-refractivity contribution in [2.24, 2.45) is 17.6 Å². The third-order valence-electron chi connectivity index (χ3n) is 4.10. The highest BCUT2D eigenvalue weighted by Crippen LogP contribution is 2.36. The maximum Gasteiger partial charge on any atom is 0.410 e. The van der Waals surface area contributed by atoms with Crippen molar-refractivity contribution >= 4 is 6.09 Å². The van der Waals surface area contributed by atoms with Gasteiger partial charge in [-0.2, -0.15) is 0 Å². The molecule has 112 valence electrons. The van der Waals surface area contributed by atoms with Crippen LogP contribution < -0.4 is 5.73 Å². The van der Waals surface area contributed by atoms with Gasteiger partial charge in [0.05, 0.1) is 12.1 Å². The fourth-order valence-electron chi connectivity index (χ4n) is 3.15. The number of carbonyl (C=O) groups excluding carboxylic acids is 1. The molecular formula is C15H30N2O2. The van der Waals surface area contributed by atoms with Gasteiger partial charge in [0.2, 0.25) is 0 Å². The monoisotopic (exact) mass is 270 g/mol. The van der Waals surface area contributed by atoms with Crippen LogP contribution in [0.25, 0.3) is 0 Å². The van der Waals surface area contributed by atoms with Gasteiger partial charge in [-0.25, -0.2) is 4.79 Å². The van der Waals surface area contributed by atoms with E-state index in [2.05, 4.69) is 6.92 Å². The quantitative estimate of drug-likeness (QED) is 0.835. The lowest BCUT2D eigenvalue weighted by molar-refractivity contribution is 0.0220. The Morgan fingerprint density at radius 3 is 2.68 bits per heavy atom. The molecule has 0 aliphatic heterocycles. The average molecular weight is 270 g/mol. The molecule has 0 bridgehead atoms. The van der Waals surface area contributed by atoms with Crippen LogP contribution >= 0.6 is 0 Å². The van der Waals surface area contributed by atoms with Crippen molar-refractivity contribution < 1.29 is 9.53 Å². The third kappa shape index (κ3) is 4.10. The summed E-state index contributed by atoms with van der Waals surface area (Å²) in [5.74, 6) is 0.992. The molecule has 4 nitrogen and oxygen atoms in total. The largest absolute Gasteiger partial charge is 0.449 e. The van der Waals surface area contributed by atoms with Gasteiger partial charge in [-0.15, -0.1) is 0 Å². The number of nitrogens with zero attached hydrogens (tertiary/aromatic N) is 1. The molecule has 2 unspecified atom stereocenters. The maximum absolute atomic E-state index is 12.3. The summed E-state index contributed by atoms with van der Waals surface area (Å²) in [6.07, 6.45) is 4.18. The highest BCUT2D eigenvalue weighted by atomic mass is 16.6. The summed E-state index contributed by atoms with van der Waals surface area (Å²) in [6, 6.07) is 0. The van der Waals surface area contributed by atoms with Gasteiger partial charge in [-0.05, 0) is 31.6 Å². The fourth-order valence-corrected chi connectivity index (χ4v) is 3.15. The Bertz CT molecular complexity index is 294. The van der Waals surface area contributed by atoms with E-state index in [1.54, 1.807) is 0 Å². The van der Waals surface area contributed by atoms with E-state index in [0.717, 1.165) is 19.3 Å². The number of rotatable bonds is 5. The minimum atomic E-state index is -0.198. The first-order valence-corrected chi connectivity index (χ1v) is 7.59. The second-order valence-corrected chi connectivity index (χ2v) is 6.35. The maximum atomic E-state index is 12.3. The van der Waals surface area contributed by atoms with Crippen LogP contribution in [0.15, 0.2) is 0 Å². The normalized spacial score (nSPS) is 27.4. The van der Waals surface area contributed by atoms with Crippen molar-refractivity contribution in [2.75, 3.05) is 19.7 Å². The molecule has 0 aromatic heterocycles. The highest BCUT2D eigenvalue weighted by molar-refractivity contribution is 5.68. The van der Waals surface area contributed by atoms with Crippen LogP contribution in [-0.4, -0.2) is 36.2 Å². The van der Waals surface area contributed by atoms with Crippen LogP contribution in [0.2, 0.25) is 0 Å². The molecule has 2 N–H and O–H groups in total. The van der Waals surface area contributed by atoms with Crippen molar-refractivity contribution in [1.82, 2.24) is 4.90 Å². The molecule has 0 heterocycles. The van der Waals surface area contributed by atoms with E-state index in [1.165, 1.54) is 6.42 Å². The molecule has 1 fully saturated rings. The van der Waals surface area contributed by atoms with E-state index in [1.807, 2.05) is 25.7 Å². The SMILES string of the molecule is CCN(C(=O)OCC(C)C)C1(CN)CCCC(C)C1. The average Bonchev–Trinajstić information content (AvgIpc) is 2.37. The molecule has 1 amide bonds. The molecule has 0 aromatic carbocycles. The van der Waals surface area contributed by atoms with Crippen molar-refractivity contribution in [2.45, 2.75) is 58.9 Å². The fraction of sp³-hybridized carbons (Fsp3) is 0.933.